The van der Waals surface area contributed by atoms with Gasteiger partial charge in [-0.1, -0.05) is 18.2 Å². The summed E-state index contributed by atoms with van der Waals surface area (Å²) < 4.78 is 15.9. The fourth-order valence-electron chi connectivity index (χ4n) is 3.52. The monoisotopic (exact) mass is 495 g/mol. The second-order valence-corrected chi connectivity index (χ2v) is 8.04. The Morgan fingerprint density at radius 1 is 1.11 bits per heavy atom. The van der Waals surface area contributed by atoms with Crippen molar-refractivity contribution < 1.29 is 28.6 Å². The number of amides is 3. The van der Waals surface area contributed by atoms with Crippen LogP contribution in [0.3, 0.4) is 0 Å². The Bertz CT molecular complexity index is 1190. The fraction of sp³-hybridized carbons (Fsp3) is 0.280. The van der Waals surface area contributed by atoms with E-state index in [2.05, 4.69) is 21.2 Å². The number of benzene rings is 2. The first-order valence-electron chi connectivity index (χ1n) is 11.0. The number of nitrogens with one attached hydrogen (secondary N) is 3. The van der Waals surface area contributed by atoms with E-state index in [1.807, 2.05) is 43.3 Å². The van der Waals surface area contributed by atoms with Crippen LogP contribution in [0.15, 0.2) is 58.8 Å². The van der Waals surface area contributed by atoms with Crippen LogP contribution >= 0.6 is 0 Å². The number of hydrazone groups is 1. The summed E-state index contributed by atoms with van der Waals surface area (Å²) in [4.78, 5) is 38.5. The third-order valence-electron chi connectivity index (χ3n) is 5.37. The molecular weight excluding hydrogens is 466 g/mol. The van der Waals surface area contributed by atoms with Crippen LogP contribution in [-0.2, 0) is 14.3 Å². The summed E-state index contributed by atoms with van der Waals surface area (Å²) in [7, 11) is 6.62. The van der Waals surface area contributed by atoms with E-state index in [1.54, 1.807) is 25.1 Å². The van der Waals surface area contributed by atoms with Gasteiger partial charge in [0.05, 0.1) is 32.0 Å². The SMILES string of the molecule is COC(=O)C1=C(C)NC(=O)N[C@@H]1c1ccc(OCC(=O)N/N=C\c2ccc(N(C)C)cc2)c(OC)c1. The molecule has 36 heavy (non-hydrogen) atoms. The van der Waals surface area contributed by atoms with Crippen LogP contribution < -0.4 is 30.4 Å². The molecule has 0 aromatic heterocycles. The molecule has 0 fully saturated rings. The zero-order chi connectivity index (χ0) is 26.2. The predicted octanol–water partition coefficient (Wildman–Crippen LogP) is 2.09. The first kappa shape index (κ1) is 26.1. The largest absolute Gasteiger partial charge is 0.493 e. The first-order chi connectivity index (χ1) is 17.2. The van der Waals surface area contributed by atoms with Gasteiger partial charge in [0.1, 0.15) is 0 Å². The molecule has 0 bridgehead atoms. The highest BCUT2D eigenvalue weighted by molar-refractivity contribution is 5.95. The molecule has 11 heteroatoms. The molecule has 2 aromatic carbocycles. The van der Waals surface area contributed by atoms with Gasteiger partial charge in [-0.2, -0.15) is 5.10 Å². The Morgan fingerprint density at radius 3 is 2.47 bits per heavy atom. The maximum atomic E-state index is 12.3. The standard InChI is InChI=1S/C25H29N5O6/c1-15-22(24(32)35-5)23(28-25(33)27-15)17-8-11-19(20(12-17)34-4)36-14-21(31)29-26-13-16-6-9-18(10-7-16)30(2)3/h6-13,23H,14H2,1-5H3,(H,29,31)(H2,27,28,33)/b26-13-/t23-/m1/s1. The topological polar surface area (TPSA) is 131 Å². The lowest BCUT2D eigenvalue weighted by Crippen LogP contribution is -2.45. The van der Waals surface area contributed by atoms with Crippen molar-refractivity contribution in [1.29, 1.82) is 0 Å². The van der Waals surface area contributed by atoms with E-state index >= 15 is 0 Å². The number of methoxy groups -OCH3 is 2. The summed E-state index contributed by atoms with van der Waals surface area (Å²) in [5, 5.41) is 9.22. The van der Waals surface area contributed by atoms with Crippen molar-refractivity contribution in [2.75, 3.05) is 39.8 Å². The van der Waals surface area contributed by atoms with Crippen molar-refractivity contribution in [3.05, 3.63) is 64.9 Å². The van der Waals surface area contributed by atoms with E-state index in [4.69, 9.17) is 14.2 Å². The molecule has 1 aliphatic rings. The molecule has 0 radical (unpaired) electrons. The molecule has 3 N–H and O–H groups in total. The second-order valence-electron chi connectivity index (χ2n) is 8.04. The molecule has 1 heterocycles. The van der Waals surface area contributed by atoms with Crippen molar-refractivity contribution >= 4 is 29.8 Å². The van der Waals surface area contributed by atoms with Gasteiger partial charge in [-0.3, -0.25) is 4.79 Å². The number of esters is 1. The van der Waals surface area contributed by atoms with E-state index in [0.29, 0.717) is 22.8 Å². The van der Waals surface area contributed by atoms with Crippen LogP contribution in [0.4, 0.5) is 10.5 Å². The average molecular weight is 496 g/mol. The minimum atomic E-state index is -0.751. The summed E-state index contributed by atoms with van der Waals surface area (Å²) >= 11 is 0. The molecule has 1 aliphatic heterocycles. The zero-order valence-electron chi connectivity index (χ0n) is 20.7. The molecule has 3 rings (SSSR count). The van der Waals surface area contributed by atoms with Gasteiger partial charge in [0, 0.05) is 25.5 Å². The molecular formula is C25H29N5O6. The van der Waals surface area contributed by atoms with Crippen molar-refractivity contribution in [3.63, 3.8) is 0 Å². The number of carbonyl (C=O) groups is 3. The molecule has 2 aromatic rings. The Balaban J connectivity index is 1.65. The van der Waals surface area contributed by atoms with Gasteiger partial charge < -0.3 is 29.7 Å². The second kappa shape index (κ2) is 11.7. The number of urea groups is 1. The van der Waals surface area contributed by atoms with Crippen molar-refractivity contribution in [1.82, 2.24) is 16.1 Å². The van der Waals surface area contributed by atoms with Gasteiger partial charge in [-0.05, 0) is 42.3 Å². The van der Waals surface area contributed by atoms with E-state index in [-0.39, 0.29) is 12.2 Å². The van der Waals surface area contributed by atoms with Crippen LogP contribution in [0.5, 0.6) is 11.5 Å². The predicted molar refractivity (Wildman–Crippen MR) is 134 cm³/mol. The molecule has 0 saturated carbocycles. The highest BCUT2D eigenvalue weighted by Gasteiger charge is 2.32. The molecule has 3 amide bonds. The lowest BCUT2D eigenvalue weighted by Gasteiger charge is -2.28. The maximum absolute atomic E-state index is 12.3. The van der Waals surface area contributed by atoms with E-state index < -0.39 is 23.9 Å². The Kier molecular flexibility index (Phi) is 8.50. The minimum Gasteiger partial charge on any atom is -0.493 e. The van der Waals surface area contributed by atoms with Gasteiger partial charge in [-0.25, -0.2) is 15.0 Å². The highest BCUT2D eigenvalue weighted by atomic mass is 16.5. The van der Waals surface area contributed by atoms with E-state index in [9.17, 15) is 14.4 Å². The van der Waals surface area contributed by atoms with E-state index in [0.717, 1.165) is 11.3 Å². The molecule has 11 nitrogen and oxygen atoms in total. The van der Waals surface area contributed by atoms with Gasteiger partial charge in [0.15, 0.2) is 18.1 Å². The summed E-state index contributed by atoms with van der Waals surface area (Å²) in [5.74, 6) is -0.408. The lowest BCUT2D eigenvalue weighted by molar-refractivity contribution is -0.136. The number of hydrogen-bond acceptors (Lipinski definition) is 8. The fourth-order valence-corrected chi connectivity index (χ4v) is 3.52. The Morgan fingerprint density at radius 2 is 1.83 bits per heavy atom. The normalized spacial score (nSPS) is 15.1. The quantitative estimate of drug-likeness (QED) is 0.276. The summed E-state index contributed by atoms with van der Waals surface area (Å²) in [6, 6.07) is 11.4. The molecule has 0 saturated heterocycles. The smallest absolute Gasteiger partial charge is 0.337 e. The van der Waals surface area contributed by atoms with Crippen LogP contribution in [0, 0.1) is 0 Å². The molecule has 0 unspecified atom stereocenters. The van der Waals surface area contributed by atoms with Gasteiger partial charge >= 0.3 is 12.0 Å². The zero-order valence-corrected chi connectivity index (χ0v) is 20.7. The van der Waals surface area contributed by atoms with Crippen molar-refractivity contribution in [2.24, 2.45) is 5.10 Å². The first-order valence-corrected chi connectivity index (χ1v) is 11.0. The number of anilines is 1. The average Bonchev–Trinajstić information content (AvgIpc) is 2.86. The third-order valence-corrected chi connectivity index (χ3v) is 5.37. The Hall–Kier alpha value is -4.54. The maximum Gasteiger partial charge on any atom is 0.337 e. The highest BCUT2D eigenvalue weighted by Crippen LogP contribution is 2.34. The van der Waals surface area contributed by atoms with Crippen LogP contribution in [-0.4, -0.2) is 59.0 Å². The molecule has 0 spiro atoms. The minimum absolute atomic E-state index is 0.265. The van der Waals surface area contributed by atoms with Gasteiger partial charge in [0.25, 0.3) is 5.91 Å². The van der Waals surface area contributed by atoms with Crippen LogP contribution in [0.25, 0.3) is 0 Å². The number of ether oxygens (including phenoxy) is 3. The third kappa shape index (κ3) is 6.32. The van der Waals surface area contributed by atoms with Crippen molar-refractivity contribution in [3.8, 4) is 11.5 Å². The number of carbonyl (C=O) groups excluding carboxylic acids is 3. The molecule has 190 valence electrons. The van der Waals surface area contributed by atoms with Gasteiger partial charge in [0.2, 0.25) is 0 Å². The number of hydrogen-bond donors (Lipinski definition) is 3. The van der Waals surface area contributed by atoms with E-state index in [1.165, 1.54) is 20.4 Å². The van der Waals surface area contributed by atoms with Gasteiger partial charge in [-0.15, -0.1) is 0 Å². The number of nitrogens with zero attached hydrogens (tertiary/aromatic N) is 2. The van der Waals surface area contributed by atoms with Crippen LogP contribution in [0.1, 0.15) is 24.1 Å². The summed E-state index contributed by atoms with van der Waals surface area (Å²) in [6.45, 7) is 1.32. The molecule has 0 aliphatic carbocycles. The molecule has 1 atom stereocenters. The summed E-state index contributed by atoms with van der Waals surface area (Å²) in [5.41, 5.74) is 5.53. The summed E-state index contributed by atoms with van der Waals surface area (Å²) in [6.07, 6.45) is 1.54. The lowest BCUT2D eigenvalue weighted by atomic mass is 9.95. The van der Waals surface area contributed by atoms with Crippen molar-refractivity contribution in [2.45, 2.75) is 13.0 Å². The number of allylic oxidation sites excluding steroid dienone is 1. The Labute approximate surface area is 209 Å². The van der Waals surface area contributed by atoms with Crippen LogP contribution in [0.2, 0.25) is 0 Å². The number of rotatable bonds is 9.